The summed E-state index contributed by atoms with van der Waals surface area (Å²) in [5.41, 5.74) is 10.6. The number of para-hydroxylation sites is 1. The zero-order valence-corrected chi connectivity index (χ0v) is 15.4. The Labute approximate surface area is 161 Å². The van der Waals surface area contributed by atoms with Gasteiger partial charge in [-0.3, -0.25) is 0 Å². The number of benzene rings is 2. The van der Waals surface area contributed by atoms with E-state index < -0.39 is 11.9 Å². The average molecular weight is 389 g/mol. The molecule has 0 aliphatic heterocycles. The second-order valence-electron chi connectivity index (χ2n) is 5.89. The number of H-pyrrole nitrogens is 1. The van der Waals surface area contributed by atoms with Crippen LogP contribution < -0.4 is 5.73 Å². The van der Waals surface area contributed by atoms with E-state index in [2.05, 4.69) is 41.4 Å². The van der Waals surface area contributed by atoms with E-state index in [1.807, 2.05) is 12.1 Å². The molecular weight excluding hydrogens is 368 g/mol. The Morgan fingerprint density at radius 1 is 0.963 bits per heavy atom. The molecule has 0 amide bonds. The van der Waals surface area contributed by atoms with E-state index in [9.17, 15) is 0 Å². The van der Waals surface area contributed by atoms with Crippen LogP contribution in [0, 0.1) is 0 Å². The lowest BCUT2D eigenvalue weighted by Gasteiger charge is -2.05. The van der Waals surface area contributed by atoms with Gasteiger partial charge in [0.1, 0.15) is 0 Å². The van der Waals surface area contributed by atoms with Crippen molar-refractivity contribution >= 4 is 34.4 Å². The van der Waals surface area contributed by atoms with Crippen LogP contribution in [0.1, 0.15) is 18.4 Å². The molecule has 0 bridgehead atoms. The summed E-state index contributed by atoms with van der Waals surface area (Å²) in [4.78, 5) is 21.8. The molecule has 0 saturated heterocycles. The minimum Gasteiger partial charge on any atom is -0.473 e. The first-order valence-corrected chi connectivity index (χ1v) is 8.83. The molecule has 27 heavy (non-hydrogen) atoms. The molecule has 0 spiro atoms. The largest absolute Gasteiger partial charge is 0.473 e. The number of aromatic nitrogens is 1. The maximum Gasteiger partial charge on any atom is 0.414 e. The first-order chi connectivity index (χ1) is 12.9. The van der Waals surface area contributed by atoms with Crippen molar-refractivity contribution in [3.05, 3.63) is 59.1 Å². The number of hydrogen-bond donors (Lipinski definition) is 4. The predicted octanol–water partition coefficient (Wildman–Crippen LogP) is 3.93. The number of carboxylic acid groups (broad SMARTS) is 2. The number of aryl methyl sites for hydroxylation is 1. The Morgan fingerprint density at radius 2 is 1.59 bits per heavy atom. The Morgan fingerprint density at radius 3 is 2.19 bits per heavy atom. The Kier molecular flexibility index (Phi) is 7.40. The van der Waals surface area contributed by atoms with Crippen molar-refractivity contribution in [3.63, 3.8) is 0 Å². The van der Waals surface area contributed by atoms with Crippen molar-refractivity contribution in [3.8, 4) is 11.3 Å². The second-order valence-corrected chi connectivity index (χ2v) is 6.32. The quantitative estimate of drug-likeness (QED) is 0.390. The fourth-order valence-electron chi connectivity index (χ4n) is 2.77. The first kappa shape index (κ1) is 20.5. The topological polar surface area (TPSA) is 116 Å². The van der Waals surface area contributed by atoms with Crippen molar-refractivity contribution in [1.82, 2.24) is 4.98 Å². The Hall–Kier alpha value is -2.83. The van der Waals surface area contributed by atoms with Crippen LogP contribution >= 0.6 is 11.6 Å². The molecule has 0 aliphatic rings. The number of halogens is 1. The molecule has 0 aliphatic carbocycles. The monoisotopic (exact) mass is 388 g/mol. The molecule has 1 aromatic heterocycles. The summed E-state index contributed by atoms with van der Waals surface area (Å²) in [5.74, 6) is -3.65. The minimum atomic E-state index is -1.82. The van der Waals surface area contributed by atoms with Crippen molar-refractivity contribution < 1.29 is 19.8 Å². The van der Waals surface area contributed by atoms with Gasteiger partial charge in [0.25, 0.3) is 0 Å². The summed E-state index contributed by atoms with van der Waals surface area (Å²) in [6, 6.07) is 16.5. The molecule has 6 nitrogen and oxygen atoms in total. The third-order valence-electron chi connectivity index (χ3n) is 4.01. The van der Waals surface area contributed by atoms with Crippen molar-refractivity contribution in [2.45, 2.75) is 19.3 Å². The van der Waals surface area contributed by atoms with E-state index >= 15 is 0 Å². The van der Waals surface area contributed by atoms with Gasteiger partial charge >= 0.3 is 11.9 Å². The lowest BCUT2D eigenvalue weighted by atomic mass is 10.0. The number of carbonyl (C=O) groups is 2. The maximum atomic E-state index is 9.10. The number of nitrogens with two attached hydrogens (primary N) is 1. The van der Waals surface area contributed by atoms with Gasteiger partial charge in [-0.2, -0.15) is 0 Å². The lowest BCUT2D eigenvalue weighted by molar-refractivity contribution is -0.159. The minimum absolute atomic E-state index is 0.749. The summed E-state index contributed by atoms with van der Waals surface area (Å²) >= 11 is 6.00. The van der Waals surface area contributed by atoms with E-state index in [1.54, 1.807) is 0 Å². The number of hydrogen-bond acceptors (Lipinski definition) is 3. The summed E-state index contributed by atoms with van der Waals surface area (Å²) in [6.07, 6.45) is 3.21. The number of fused-ring (bicyclic) bond motifs is 1. The molecule has 5 N–H and O–H groups in total. The van der Waals surface area contributed by atoms with E-state index in [4.69, 9.17) is 37.1 Å². The van der Waals surface area contributed by atoms with Gasteiger partial charge < -0.3 is 20.9 Å². The van der Waals surface area contributed by atoms with Crippen molar-refractivity contribution in [2.75, 3.05) is 6.54 Å². The molecule has 0 unspecified atom stereocenters. The van der Waals surface area contributed by atoms with Gasteiger partial charge in [-0.15, -0.1) is 0 Å². The smallest absolute Gasteiger partial charge is 0.414 e. The molecule has 7 heteroatoms. The summed E-state index contributed by atoms with van der Waals surface area (Å²) in [6.45, 7) is 0.749. The number of aromatic amines is 1. The zero-order chi connectivity index (χ0) is 19.8. The zero-order valence-electron chi connectivity index (χ0n) is 14.6. The Bertz CT molecular complexity index is 907. The highest BCUT2D eigenvalue weighted by Gasteiger charge is 2.12. The van der Waals surface area contributed by atoms with Crippen LogP contribution in [0.4, 0.5) is 0 Å². The SMILES string of the molecule is NCCCCc1c(-c2ccc(Cl)cc2)[nH]c2ccccc12.O=C(O)C(=O)O. The molecular formula is C20H21ClN2O4. The van der Waals surface area contributed by atoms with Crippen LogP contribution in [0.5, 0.6) is 0 Å². The van der Waals surface area contributed by atoms with Crippen LogP contribution in [0.3, 0.4) is 0 Å². The number of carboxylic acids is 2. The molecule has 0 fully saturated rings. The molecule has 142 valence electrons. The number of rotatable bonds is 5. The van der Waals surface area contributed by atoms with Crippen LogP contribution in [0.2, 0.25) is 5.02 Å². The van der Waals surface area contributed by atoms with Gasteiger partial charge in [-0.25, -0.2) is 9.59 Å². The van der Waals surface area contributed by atoms with E-state index in [0.29, 0.717) is 0 Å². The van der Waals surface area contributed by atoms with Crippen LogP contribution in [0.15, 0.2) is 48.5 Å². The van der Waals surface area contributed by atoms with Crippen molar-refractivity contribution in [2.24, 2.45) is 5.73 Å². The van der Waals surface area contributed by atoms with E-state index in [-0.39, 0.29) is 0 Å². The summed E-state index contributed by atoms with van der Waals surface area (Å²) in [7, 11) is 0. The van der Waals surface area contributed by atoms with Crippen molar-refractivity contribution in [1.29, 1.82) is 0 Å². The van der Waals surface area contributed by atoms with E-state index in [1.165, 1.54) is 27.7 Å². The highest BCUT2D eigenvalue weighted by molar-refractivity contribution is 6.30. The number of nitrogens with one attached hydrogen (secondary N) is 1. The molecule has 3 aromatic rings. The Balaban J connectivity index is 0.000000380. The molecule has 3 rings (SSSR count). The lowest BCUT2D eigenvalue weighted by Crippen LogP contribution is -2.09. The fraction of sp³-hybridized carbons (Fsp3) is 0.200. The third kappa shape index (κ3) is 5.57. The van der Waals surface area contributed by atoms with Gasteiger partial charge in [-0.05, 0) is 55.1 Å². The van der Waals surface area contributed by atoms with Crippen LogP contribution in [-0.4, -0.2) is 33.7 Å². The highest BCUT2D eigenvalue weighted by atomic mass is 35.5. The second kappa shape index (κ2) is 9.75. The molecule has 0 atom stereocenters. The summed E-state index contributed by atoms with van der Waals surface area (Å²) < 4.78 is 0. The maximum absolute atomic E-state index is 9.10. The van der Waals surface area contributed by atoms with Crippen LogP contribution in [0.25, 0.3) is 22.2 Å². The van der Waals surface area contributed by atoms with Gasteiger partial charge in [0.15, 0.2) is 0 Å². The predicted molar refractivity (Wildman–Crippen MR) is 106 cm³/mol. The molecule has 0 radical (unpaired) electrons. The van der Waals surface area contributed by atoms with Gasteiger partial charge in [0.05, 0.1) is 0 Å². The van der Waals surface area contributed by atoms with Gasteiger partial charge in [-0.1, -0.05) is 41.9 Å². The standard InChI is InChI=1S/C18H19ClN2.C2H2O4/c19-14-10-8-13(9-11-14)18-16(6-3-4-12-20)15-5-1-2-7-17(15)21-18;3-1(4)2(5)6/h1-2,5,7-11,21H,3-4,6,12,20H2;(H,3,4)(H,5,6). The van der Waals surface area contributed by atoms with E-state index in [0.717, 1.165) is 30.8 Å². The van der Waals surface area contributed by atoms with Crippen LogP contribution in [-0.2, 0) is 16.0 Å². The van der Waals surface area contributed by atoms with Gasteiger partial charge in [0.2, 0.25) is 0 Å². The summed E-state index contributed by atoms with van der Waals surface area (Å²) in [5, 5.41) is 16.9. The normalized spacial score (nSPS) is 10.3. The first-order valence-electron chi connectivity index (χ1n) is 8.45. The molecule has 2 aromatic carbocycles. The van der Waals surface area contributed by atoms with Gasteiger partial charge in [0, 0.05) is 21.6 Å². The fourth-order valence-corrected chi connectivity index (χ4v) is 2.89. The average Bonchev–Trinajstić information content (AvgIpc) is 3.02. The molecule has 1 heterocycles. The number of aliphatic carboxylic acids is 2. The molecule has 0 saturated carbocycles. The highest BCUT2D eigenvalue weighted by Crippen LogP contribution is 2.32. The number of unbranched alkanes of at least 4 members (excludes halogenated alkanes) is 1. The third-order valence-corrected chi connectivity index (χ3v) is 4.26.